The first-order valence-corrected chi connectivity index (χ1v) is 6.02. The number of nitro groups is 1. The van der Waals surface area contributed by atoms with E-state index in [1.54, 1.807) is 6.07 Å². The largest absolute Gasteiger partial charge is 0.344 e. The maximum atomic E-state index is 10.8. The molecule has 0 saturated carbocycles. The van der Waals surface area contributed by atoms with E-state index in [2.05, 4.69) is 0 Å². The van der Waals surface area contributed by atoms with Crippen molar-refractivity contribution in [2.24, 2.45) is 0 Å². The molecule has 0 N–H and O–H groups in total. The van der Waals surface area contributed by atoms with Gasteiger partial charge in [0.15, 0.2) is 0 Å². The molecule has 0 unspecified atom stereocenters. The van der Waals surface area contributed by atoms with Crippen LogP contribution in [-0.2, 0) is 0 Å². The highest BCUT2D eigenvalue weighted by Crippen LogP contribution is 2.30. The Morgan fingerprint density at radius 2 is 1.95 bits per heavy atom. The van der Waals surface area contributed by atoms with Crippen LogP contribution in [0.1, 0.15) is 11.1 Å². The Bertz CT molecular complexity index is 705. The highest BCUT2D eigenvalue weighted by atomic mass is 16.6. The van der Waals surface area contributed by atoms with Crippen molar-refractivity contribution >= 4 is 17.1 Å². The highest BCUT2D eigenvalue weighted by Gasteiger charge is 2.16. The Balaban J connectivity index is 2.47. The van der Waals surface area contributed by atoms with Gasteiger partial charge < -0.3 is 4.90 Å². The third kappa shape index (κ3) is 2.45. The maximum Gasteiger partial charge on any atom is 0.287 e. The fourth-order valence-corrected chi connectivity index (χ4v) is 2.06. The molecule has 0 heterocycles. The third-order valence-corrected chi connectivity index (χ3v) is 3.16. The number of benzene rings is 2. The molecular weight excluding hydrogens is 254 g/mol. The van der Waals surface area contributed by atoms with Crippen molar-refractivity contribution in [3.8, 4) is 6.07 Å². The molecule has 0 bridgehead atoms. The van der Waals surface area contributed by atoms with Gasteiger partial charge >= 0.3 is 0 Å². The molecule has 0 aliphatic carbocycles. The second-order valence-electron chi connectivity index (χ2n) is 4.42. The van der Waals surface area contributed by atoms with E-state index >= 15 is 0 Å². The van der Waals surface area contributed by atoms with Gasteiger partial charge in [-0.3, -0.25) is 10.1 Å². The molecule has 0 radical (unpaired) electrons. The van der Waals surface area contributed by atoms with Crippen molar-refractivity contribution in [2.45, 2.75) is 6.92 Å². The van der Waals surface area contributed by atoms with Crippen molar-refractivity contribution in [2.75, 3.05) is 11.9 Å². The Hall–Kier alpha value is -2.87. The number of nitro benzene ring substituents is 1. The lowest BCUT2D eigenvalue weighted by atomic mass is 10.1. The normalized spacial score (nSPS) is 9.85. The van der Waals surface area contributed by atoms with Crippen LogP contribution in [0, 0.1) is 28.4 Å². The number of anilines is 2. The van der Waals surface area contributed by atoms with Gasteiger partial charge in [0.25, 0.3) is 5.69 Å². The van der Waals surface area contributed by atoms with Crippen LogP contribution in [-0.4, -0.2) is 12.0 Å². The SMILES string of the molecule is Cc1ccccc1N(C)c1ccc([N+](=O)[O-])c(C#N)c1. The van der Waals surface area contributed by atoms with Crippen LogP contribution >= 0.6 is 0 Å². The Labute approximate surface area is 116 Å². The van der Waals surface area contributed by atoms with E-state index in [0.717, 1.165) is 16.9 Å². The highest BCUT2D eigenvalue weighted by molar-refractivity contribution is 5.69. The van der Waals surface area contributed by atoms with Crippen LogP contribution in [0.2, 0.25) is 0 Å². The van der Waals surface area contributed by atoms with Crippen LogP contribution in [0.5, 0.6) is 0 Å². The number of nitrogens with zero attached hydrogens (tertiary/aromatic N) is 3. The molecule has 2 aromatic rings. The van der Waals surface area contributed by atoms with Crippen molar-refractivity contribution < 1.29 is 4.92 Å². The molecule has 5 heteroatoms. The van der Waals surface area contributed by atoms with Gasteiger partial charge in [0.2, 0.25) is 0 Å². The van der Waals surface area contributed by atoms with Gasteiger partial charge in [0.1, 0.15) is 11.6 Å². The number of hydrogen-bond donors (Lipinski definition) is 0. The van der Waals surface area contributed by atoms with Crippen LogP contribution in [0.15, 0.2) is 42.5 Å². The molecule has 0 atom stereocenters. The lowest BCUT2D eigenvalue weighted by Gasteiger charge is -2.21. The molecule has 2 rings (SSSR count). The summed E-state index contributed by atoms with van der Waals surface area (Å²) in [7, 11) is 1.87. The van der Waals surface area contributed by atoms with E-state index in [1.165, 1.54) is 12.1 Å². The van der Waals surface area contributed by atoms with Crippen LogP contribution in [0.4, 0.5) is 17.1 Å². The van der Waals surface area contributed by atoms with Gasteiger partial charge in [-0.15, -0.1) is 0 Å². The summed E-state index contributed by atoms with van der Waals surface area (Å²) in [5.74, 6) is 0. The van der Waals surface area contributed by atoms with Crippen molar-refractivity contribution in [1.82, 2.24) is 0 Å². The average Bonchev–Trinajstić information content (AvgIpc) is 2.46. The first-order chi connectivity index (χ1) is 9.54. The fourth-order valence-electron chi connectivity index (χ4n) is 2.06. The van der Waals surface area contributed by atoms with Gasteiger partial charge in [0, 0.05) is 24.5 Å². The lowest BCUT2D eigenvalue weighted by molar-refractivity contribution is -0.385. The summed E-state index contributed by atoms with van der Waals surface area (Å²) >= 11 is 0. The van der Waals surface area contributed by atoms with E-state index in [0.29, 0.717) is 0 Å². The second kappa shape index (κ2) is 5.41. The van der Waals surface area contributed by atoms with Gasteiger partial charge in [-0.1, -0.05) is 18.2 Å². The molecule has 2 aromatic carbocycles. The van der Waals surface area contributed by atoms with Crippen molar-refractivity contribution in [3.63, 3.8) is 0 Å². The zero-order valence-electron chi connectivity index (χ0n) is 11.2. The van der Waals surface area contributed by atoms with E-state index in [1.807, 2.05) is 49.2 Å². The van der Waals surface area contributed by atoms with Crippen LogP contribution in [0.25, 0.3) is 0 Å². The van der Waals surface area contributed by atoms with Crippen LogP contribution in [0.3, 0.4) is 0 Å². The summed E-state index contributed by atoms with van der Waals surface area (Å²) in [6, 6.07) is 14.2. The molecule has 0 aliphatic heterocycles. The second-order valence-corrected chi connectivity index (χ2v) is 4.42. The maximum absolute atomic E-state index is 10.8. The number of aryl methyl sites for hydroxylation is 1. The van der Waals surface area contributed by atoms with E-state index in [-0.39, 0.29) is 11.3 Å². The monoisotopic (exact) mass is 267 g/mol. The minimum Gasteiger partial charge on any atom is -0.344 e. The molecule has 0 amide bonds. The predicted molar refractivity (Wildman–Crippen MR) is 77.1 cm³/mol. The van der Waals surface area contributed by atoms with Gasteiger partial charge in [0.05, 0.1) is 4.92 Å². The number of hydrogen-bond acceptors (Lipinski definition) is 4. The van der Waals surface area contributed by atoms with Gasteiger partial charge in [-0.2, -0.15) is 5.26 Å². The molecular formula is C15H13N3O2. The van der Waals surface area contributed by atoms with Crippen molar-refractivity contribution in [3.05, 3.63) is 63.7 Å². The first-order valence-electron chi connectivity index (χ1n) is 6.02. The summed E-state index contributed by atoms with van der Waals surface area (Å²) in [5, 5.41) is 19.9. The van der Waals surface area contributed by atoms with Crippen LogP contribution < -0.4 is 4.90 Å². The molecule has 20 heavy (non-hydrogen) atoms. The summed E-state index contributed by atoms with van der Waals surface area (Å²) in [4.78, 5) is 12.2. The average molecular weight is 267 g/mol. The molecule has 0 fully saturated rings. The molecule has 0 spiro atoms. The van der Waals surface area contributed by atoms with E-state index in [9.17, 15) is 10.1 Å². The van der Waals surface area contributed by atoms with Gasteiger partial charge in [-0.05, 0) is 30.7 Å². The lowest BCUT2D eigenvalue weighted by Crippen LogP contribution is -2.11. The van der Waals surface area contributed by atoms with Crippen molar-refractivity contribution in [1.29, 1.82) is 5.26 Å². The van der Waals surface area contributed by atoms with E-state index < -0.39 is 4.92 Å². The molecule has 0 aliphatic rings. The fraction of sp³-hybridized carbons (Fsp3) is 0.133. The zero-order valence-corrected chi connectivity index (χ0v) is 11.2. The third-order valence-electron chi connectivity index (χ3n) is 3.16. The summed E-state index contributed by atoms with van der Waals surface area (Å²) < 4.78 is 0. The summed E-state index contributed by atoms with van der Waals surface area (Å²) in [6.45, 7) is 1.99. The minimum atomic E-state index is -0.546. The summed E-state index contributed by atoms with van der Waals surface area (Å²) in [5.41, 5.74) is 2.71. The van der Waals surface area contributed by atoms with Gasteiger partial charge in [-0.25, -0.2) is 0 Å². The minimum absolute atomic E-state index is 0.0629. The Morgan fingerprint density at radius 3 is 2.55 bits per heavy atom. The predicted octanol–water partition coefficient (Wildman–Crippen LogP) is 3.54. The summed E-state index contributed by atoms with van der Waals surface area (Å²) in [6.07, 6.45) is 0. The Kier molecular flexibility index (Phi) is 3.67. The standard InChI is InChI=1S/C15H13N3O2/c1-11-5-3-4-6-14(11)17(2)13-7-8-15(18(19)20)12(9-13)10-16/h3-9H,1-2H3. The van der Waals surface area contributed by atoms with E-state index in [4.69, 9.17) is 5.26 Å². The number of rotatable bonds is 3. The molecule has 5 nitrogen and oxygen atoms in total. The molecule has 0 aromatic heterocycles. The number of nitriles is 1. The first kappa shape index (κ1) is 13.6. The quantitative estimate of drug-likeness (QED) is 0.630. The zero-order chi connectivity index (χ0) is 14.7. The number of para-hydroxylation sites is 1. The smallest absolute Gasteiger partial charge is 0.287 e. The Morgan fingerprint density at radius 1 is 1.25 bits per heavy atom. The topological polar surface area (TPSA) is 70.2 Å². The molecule has 100 valence electrons. The molecule has 0 saturated heterocycles.